The summed E-state index contributed by atoms with van der Waals surface area (Å²) in [6.45, 7) is 1.32. The number of carbonyl (C=O) groups excluding carboxylic acids is 2. The first-order valence-corrected chi connectivity index (χ1v) is 10.8. The summed E-state index contributed by atoms with van der Waals surface area (Å²) in [5.41, 5.74) is -2.72. The molecule has 1 amide bonds. The lowest BCUT2D eigenvalue weighted by Crippen LogP contribution is -2.44. The van der Waals surface area contributed by atoms with Crippen LogP contribution in [0.25, 0.3) is 0 Å². The number of ether oxygens (including phenoxy) is 1. The number of alkyl halides is 6. The zero-order chi connectivity index (χ0) is 25.7. The molecule has 2 aromatic rings. The molecule has 0 spiro atoms. The molecular weight excluding hydrogens is 483 g/mol. The number of halogens is 7. The maximum absolute atomic E-state index is 13.5. The van der Waals surface area contributed by atoms with Crippen molar-refractivity contribution in [3.05, 3.63) is 70.5 Å². The van der Waals surface area contributed by atoms with Crippen LogP contribution in [-0.2, 0) is 26.7 Å². The van der Waals surface area contributed by atoms with Crippen molar-refractivity contribution in [2.75, 3.05) is 6.54 Å². The Bertz CT molecular complexity index is 1100. The highest BCUT2D eigenvalue weighted by atomic mass is 19.4. The van der Waals surface area contributed by atoms with Crippen LogP contribution in [0.3, 0.4) is 0 Å². The molecule has 0 saturated carbocycles. The van der Waals surface area contributed by atoms with Crippen molar-refractivity contribution in [1.29, 1.82) is 0 Å². The van der Waals surface area contributed by atoms with E-state index < -0.39 is 59.4 Å². The highest BCUT2D eigenvalue weighted by Gasteiger charge is 2.49. The maximum Gasteiger partial charge on any atom is 0.416 e. The van der Waals surface area contributed by atoms with Gasteiger partial charge in [0.15, 0.2) is 0 Å². The number of ketones is 1. The van der Waals surface area contributed by atoms with Gasteiger partial charge in [0, 0.05) is 24.9 Å². The number of benzene rings is 2. The number of Topliss-reactive ketones (excluding diaryl/α,β-unsaturated/α-hetero) is 1. The van der Waals surface area contributed by atoms with Crippen LogP contribution in [0.4, 0.5) is 30.7 Å². The minimum atomic E-state index is -5.01. The summed E-state index contributed by atoms with van der Waals surface area (Å²) in [6.07, 6.45) is -12.3. The topological polar surface area (TPSA) is 46.6 Å². The van der Waals surface area contributed by atoms with E-state index in [9.17, 15) is 40.3 Å². The van der Waals surface area contributed by atoms with Gasteiger partial charge in [0.05, 0.1) is 29.8 Å². The number of rotatable bonds is 4. The van der Waals surface area contributed by atoms with Crippen molar-refractivity contribution in [2.45, 2.75) is 56.3 Å². The third-order valence-electron chi connectivity index (χ3n) is 6.41. The van der Waals surface area contributed by atoms with Crippen LogP contribution in [0.15, 0.2) is 42.5 Å². The smallest absolute Gasteiger partial charge is 0.368 e. The standard InChI is InChI=1S/C24H20F7NO3/c1-12(14-6-15(23(26,27)28)8-16(7-14)24(29,30)31)35-20-11-32-19(9-18(33)10-21(32)34)22(20)13-2-4-17(25)5-3-13/h2-8,12,19-20,22H,9-11H2,1H3/t12-,19?,20+,22+/m1/s1. The van der Waals surface area contributed by atoms with Gasteiger partial charge in [-0.05, 0) is 48.4 Å². The summed E-state index contributed by atoms with van der Waals surface area (Å²) in [5.74, 6) is -1.87. The molecule has 2 aliphatic rings. The summed E-state index contributed by atoms with van der Waals surface area (Å²) >= 11 is 0. The molecule has 2 aliphatic heterocycles. The summed E-state index contributed by atoms with van der Waals surface area (Å²) in [6, 6.07) is 5.92. The van der Waals surface area contributed by atoms with Crippen LogP contribution in [-0.4, -0.2) is 35.3 Å². The van der Waals surface area contributed by atoms with Gasteiger partial charge in [-0.15, -0.1) is 0 Å². The average Bonchev–Trinajstić information content (AvgIpc) is 3.11. The van der Waals surface area contributed by atoms with Crippen molar-refractivity contribution in [3.63, 3.8) is 0 Å². The van der Waals surface area contributed by atoms with E-state index in [1.807, 2.05) is 0 Å². The van der Waals surface area contributed by atoms with E-state index in [4.69, 9.17) is 4.74 Å². The molecule has 0 bridgehead atoms. The van der Waals surface area contributed by atoms with Gasteiger partial charge < -0.3 is 9.64 Å². The number of piperidine rings is 1. The SMILES string of the molecule is C[C@@H](O[C@H]1CN2C(=O)CC(=O)CC2[C@@H]1c1ccc(F)cc1)c1cc(C(F)(F)F)cc(C(F)(F)F)c1. The van der Waals surface area contributed by atoms with E-state index in [0.29, 0.717) is 17.7 Å². The molecule has 2 heterocycles. The largest absolute Gasteiger partial charge is 0.416 e. The Kier molecular flexibility index (Phi) is 6.41. The van der Waals surface area contributed by atoms with Gasteiger partial charge in [-0.1, -0.05) is 12.1 Å². The lowest BCUT2D eigenvalue weighted by molar-refractivity contribution is -0.144. The predicted octanol–water partition coefficient (Wildman–Crippen LogP) is 5.67. The Morgan fingerprint density at radius 3 is 2.06 bits per heavy atom. The van der Waals surface area contributed by atoms with Gasteiger partial charge in [0.2, 0.25) is 5.91 Å². The molecule has 11 heteroatoms. The molecule has 0 aliphatic carbocycles. The zero-order valence-corrected chi connectivity index (χ0v) is 18.3. The molecule has 4 nitrogen and oxygen atoms in total. The van der Waals surface area contributed by atoms with E-state index in [2.05, 4.69) is 0 Å². The zero-order valence-electron chi connectivity index (χ0n) is 18.3. The minimum Gasteiger partial charge on any atom is -0.368 e. The van der Waals surface area contributed by atoms with Crippen molar-refractivity contribution in [2.24, 2.45) is 0 Å². The number of hydrogen-bond donors (Lipinski definition) is 0. The molecule has 188 valence electrons. The molecule has 35 heavy (non-hydrogen) atoms. The Morgan fingerprint density at radius 1 is 0.943 bits per heavy atom. The summed E-state index contributed by atoms with van der Waals surface area (Å²) in [7, 11) is 0. The van der Waals surface area contributed by atoms with Gasteiger partial charge >= 0.3 is 12.4 Å². The molecule has 2 aromatic carbocycles. The first-order chi connectivity index (χ1) is 16.2. The monoisotopic (exact) mass is 503 g/mol. The Balaban J connectivity index is 1.69. The fourth-order valence-corrected chi connectivity index (χ4v) is 4.79. The summed E-state index contributed by atoms with van der Waals surface area (Å²) < 4.78 is 99.2. The molecule has 1 unspecified atom stereocenters. The van der Waals surface area contributed by atoms with E-state index in [1.165, 1.54) is 36.1 Å². The second-order valence-electron chi connectivity index (χ2n) is 8.77. The Morgan fingerprint density at radius 2 is 1.51 bits per heavy atom. The fraction of sp³-hybridized carbons (Fsp3) is 0.417. The van der Waals surface area contributed by atoms with Gasteiger partial charge in [-0.3, -0.25) is 9.59 Å². The lowest BCUT2D eigenvalue weighted by atomic mass is 9.85. The Labute approximate surface area is 195 Å². The van der Waals surface area contributed by atoms with Crippen molar-refractivity contribution >= 4 is 11.7 Å². The van der Waals surface area contributed by atoms with Crippen molar-refractivity contribution in [1.82, 2.24) is 4.90 Å². The second-order valence-corrected chi connectivity index (χ2v) is 8.77. The number of fused-ring (bicyclic) bond motifs is 1. The molecule has 4 rings (SSSR count). The lowest BCUT2D eigenvalue weighted by Gasteiger charge is -2.32. The van der Waals surface area contributed by atoms with Gasteiger partial charge in [0.25, 0.3) is 0 Å². The van der Waals surface area contributed by atoms with Crippen molar-refractivity contribution < 1.29 is 45.1 Å². The number of carbonyl (C=O) groups is 2. The molecule has 0 aromatic heterocycles. The maximum atomic E-state index is 13.5. The third-order valence-corrected chi connectivity index (χ3v) is 6.41. The van der Waals surface area contributed by atoms with E-state index in [0.717, 1.165) is 0 Å². The molecule has 2 fully saturated rings. The van der Waals surface area contributed by atoms with E-state index in [-0.39, 0.29) is 36.8 Å². The highest BCUT2D eigenvalue weighted by Crippen LogP contribution is 2.43. The molecular formula is C24H20F7NO3. The van der Waals surface area contributed by atoms with Crippen LogP contribution in [0.5, 0.6) is 0 Å². The minimum absolute atomic E-state index is 0.00570. The van der Waals surface area contributed by atoms with Gasteiger partial charge in [-0.25, -0.2) is 4.39 Å². The van der Waals surface area contributed by atoms with Crippen LogP contribution in [0.2, 0.25) is 0 Å². The summed E-state index contributed by atoms with van der Waals surface area (Å²) in [5, 5.41) is 0. The van der Waals surface area contributed by atoms with Crippen LogP contribution in [0.1, 0.15) is 54.0 Å². The third kappa shape index (κ3) is 5.19. The van der Waals surface area contributed by atoms with E-state index >= 15 is 0 Å². The highest BCUT2D eigenvalue weighted by molar-refractivity contribution is 6.01. The van der Waals surface area contributed by atoms with Crippen LogP contribution < -0.4 is 0 Å². The number of amides is 1. The quantitative estimate of drug-likeness (QED) is 0.399. The average molecular weight is 503 g/mol. The van der Waals surface area contributed by atoms with Gasteiger partial charge in [0.1, 0.15) is 11.6 Å². The predicted molar refractivity (Wildman–Crippen MR) is 109 cm³/mol. The Hall–Kier alpha value is -2.95. The second kappa shape index (κ2) is 8.92. The fourth-order valence-electron chi connectivity index (χ4n) is 4.79. The molecule has 2 saturated heterocycles. The normalized spacial score (nSPS) is 24.0. The van der Waals surface area contributed by atoms with Crippen LogP contribution >= 0.6 is 0 Å². The molecule has 4 atom stereocenters. The number of nitrogens with zero attached hydrogens (tertiary/aromatic N) is 1. The van der Waals surface area contributed by atoms with Crippen molar-refractivity contribution in [3.8, 4) is 0 Å². The number of hydrogen-bond acceptors (Lipinski definition) is 3. The molecule has 0 radical (unpaired) electrons. The van der Waals surface area contributed by atoms with Gasteiger partial charge in [-0.2, -0.15) is 26.3 Å². The first-order valence-electron chi connectivity index (χ1n) is 10.8. The molecule has 0 N–H and O–H groups in total. The first kappa shape index (κ1) is 25.2. The summed E-state index contributed by atoms with van der Waals surface area (Å²) in [4.78, 5) is 26.0. The van der Waals surface area contributed by atoms with Crippen LogP contribution in [0, 0.1) is 5.82 Å². The van der Waals surface area contributed by atoms with E-state index in [1.54, 1.807) is 0 Å².